The van der Waals surface area contributed by atoms with E-state index in [1.165, 1.54) is 24.3 Å². The summed E-state index contributed by atoms with van der Waals surface area (Å²) in [6.07, 6.45) is 1.16. The molecule has 1 atom stereocenters. The van der Waals surface area contributed by atoms with Crippen LogP contribution < -0.4 is 9.62 Å². The van der Waals surface area contributed by atoms with Gasteiger partial charge in [0.15, 0.2) is 0 Å². The minimum Gasteiger partial charge on any atom is -0.324 e. The zero-order chi connectivity index (χ0) is 19.5. The summed E-state index contributed by atoms with van der Waals surface area (Å²) < 4.78 is 39.7. The average molecular weight is 378 g/mol. The SMILES string of the molecule is CC[C@@H](C(=O)Nc1cc(C)cc(C)c1)N(c1ccccc1F)S(C)(=O)=O. The van der Waals surface area contributed by atoms with Gasteiger partial charge in [0.2, 0.25) is 15.9 Å². The van der Waals surface area contributed by atoms with Gasteiger partial charge in [0.25, 0.3) is 0 Å². The van der Waals surface area contributed by atoms with E-state index in [1.807, 2.05) is 19.9 Å². The Labute approximate surface area is 153 Å². The number of carbonyl (C=O) groups is 1. The van der Waals surface area contributed by atoms with Crippen LogP contribution >= 0.6 is 0 Å². The highest BCUT2D eigenvalue weighted by atomic mass is 32.2. The van der Waals surface area contributed by atoms with E-state index in [2.05, 4.69) is 5.32 Å². The smallest absolute Gasteiger partial charge is 0.248 e. The van der Waals surface area contributed by atoms with E-state index in [0.29, 0.717) is 5.69 Å². The van der Waals surface area contributed by atoms with E-state index in [9.17, 15) is 17.6 Å². The number of rotatable bonds is 6. The maximum Gasteiger partial charge on any atom is 0.248 e. The fourth-order valence-corrected chi connectivity index (χ4v) is 4.15. The van der Waals surface area contributed by atoms with Crippen molar-refractivity contribution in [3.8, 4) is 0 Å². The number of nitrogens with zero attached hydrogens (tertiary/aromatic N) is 1. The number of sulfonamides is 1. The molecule has 0 bridgehead atoms. The minimum absolute atomic E-state index is 0.141. The van der Waals surface area contributed by atoms with Crippen LogP contribution in [0.3, 0.4) is 0 Å². The number of carbonyl (C=O) groups excluding carboxylic acids is 1. The second kappa shape index (κ2) is 7.86. The van der Waals surface area contributed by atoms with Gasteiger partial charge in [-0.1, -0.05) is 25.1 Å². The summed E-state index contributed by atoms with van der Waals surface area (Å²) >= 11 is 0. The first-order chi connectivity index (χ1) is 12.1. The van der Waals surface area contributed by atoms with Crippen LogP contribution in [0.5, 0.6) is 0 Å². The number of benzene rings is 2. The van der Waals surface area contributed by atoms with Crippen molar-refractivity contribution in [3.05, 3.63) is 59.4 Å². The van der Waals surface area contributed by atoms with Gasteiger partial charge in [-0.3, -0.25) is 9.10 Å². The fraction of sp³-hybridized carbons (Fsp3) is 0.316. The second-order valence-electron chi connectivity index (χ2n) is 6.30. The molecular formula is C19H23FN2O3S. The van der Waals surface area contributed by atoms with E-state index in [4.69, 9.17) is 0 Å². The predicted molar refractivity (Wildman–Crippen MR) is 102 cm³/mol. The molecule has 1 N–H and O–H groups in total. The second-order valence-corrected chi connectivity index (χ2v) is 8.16. The van der Waals surface area contributed by atoms with Gasteiger partial charge in [-0.15, -0.1) is 0 Å². The molecule has 140 valence electrons. The lowest BCUT2D eigenvalue weighted by Crippen LogP contribution is -2.47. The zero-order valence-corrected chi connectivity index (χ0v) is 16.1. The molecule has 0 saturated heterocycles. The van der Waals surface area contributed by atoms with Crippen LogP contribution in [0.15, 0.2) is 42.5 Å². The summed E-state index contributed by atoms with van der Waals surface area (Å²) in [7, 11) is -3.87. The lowest BCUT2D eigenvalue weighted by molar-refractivity contribution is -0.117. The van der Waals surface area contributed by atoms with Crippen molar-refractivity contribution in [2.45, 2.75) is 33.2 Å². The van der Waals surface area contributed by atoms with E-state index < -0.39 is 27.8 Å². The third-order valence-electron chi connectivity index (χ3n) is 3.91. The van der Waals surface area contributed by atoms with Crippen molar-refractivity contribution in [3.63, 3.8) is 0 Å². The first kappa shape index (κ1) is 19.9. The molecule has 0 aromatic heterocycles. The highest BCUT2D eigenvalue weighted by molar-refractivity contribution is 7.92. The molecule has 2 rings (SSSR count). The number of nitrogens with one attached hydrogen (secondary N) is 1. The quantitative estimate of drug-likeness (QED) is 0.835. The number of aryl methyl sites for hydroxylation is 2. The van der Waals surface area contributed by atoms with Crippen LogP contribution in [0.2, 0.25) is 0 Å². The van der Waals surface area contributed by atoms with Crippen LogP contribution in [0.1, 0.15) is 24.5 Å². The normalized spacial score (nSPS) is 12.5. The molecule has 0 radical (unpaired) electrons. The molecular weight excluding hydrogens is 355 g/mol. The largest absolute Gasteiger partial charge is 0.324 e. The summed E-state index contributed by atoms with van der Waals surface area (Å²) in [6.45, 7) is 5.50. The van der Waals surface area contributed by atoms with Crippen molar-refractivity contribution in [2.24, 2.45) is 0 Å². The molecule has 1 amide bonds. The number of hydrogen-bond donors (Lipinski definition) is 1. The van der Waals surface area contributed by atoms with E-state index in [-0.39, 0.29) is 12.1 Å². The van der Waals surface area contributed by atoms with E-state index in [0.717, 1.165) is 21.7 Å². The Bertz CT molecular complexity index is 893. The standard InChI is InChI=1S/C19H23FN2O3S/c1-5-17(19(23)21-15-11-13(2)10-14(3)12-15)22(26(4,24)25)18-9-7-6-8-16(18)20/h6-12,17H,5H2,1-4H3,(H,21,23)/t17-/m0/s1. The van der Waals surface area contributed by atoms with Gasteiger partial charge in [0.1, 0.15) is 11.9 Å². The number of amides is 1. The van der Waals surface area contributed by atoms with Gasteiger partial charge < -0.3 is 5.32 Å². The van der Waals surface area contributed by atoms with E-state index >= 15 is 0 Å². The van der Waals surface area contributed by atoms with Gasteiger partial charge >= 0.3 is 0 Å². The summed E-state index contributed by atoms with van der Waals surface area (Å²) in [5.74, 6) is -1.21. The molecule has 0 fully saturated rings. The topological polar surface area (TPSA) is 66.5 Å². The maximum atomic E-state index is 14.2. The van der Waals surface area contributed by atoms with Crippen LogP contribution in [0, 0.1) is 19.7 Å². The number of halogens is 1. The lowest BCUT2D eigenvalue weighted by atomic mass is 10.1. The van der Waals surface area contributed by atoms with Crippen LogP contribution in [0.25, 0.3) is 0 Å². The molecule has 5 nitrogen and oxygen atoms in total. The summed E-state index contributed by atoms with van der Waals surface area (Å²) in [5, 5.41) is 2.75. The third kappa shape index (κ3) is 4.60. The first-order valence-corrected chi connectivity index (χ1v) is 10.1. The summed E-state index contributed by atoms with van der Waals surface area (Å²) in [6, 6.07) is 10.0. The molecule has 2 aromatic rings. The van der Waals surface area contributed by atoms with Crippen molar-refractivity contribution in [1.29, 1.82) is 0 Å². The lowest BCUT2D eigenvalue weighted by Gasteiger charge is -2.30. The molecule has 26 heavy (non-hydrogen) atoms. The van der Waals surface area contributed by atoms with Gasteiger partial charge in [0.05, 0.1) is 11.9 Å². The Balaban J connectivity index is 2.42. The van der Waals surface area contributed by atoms with Crippen molar-refractivity contribution < 1.29 is 17.6 Å². The first-order valence-electron chi connectivity index (χ1n) is 8.26. The molecule has 0 spiro atoms. The molecule has 0 aliphatic heterocycles. The molecule has 0 saturated carbocycles. The van der Waals surface area contributed by atoms with Crippen molar-refractivity contribution in [1.82, 2.24) is 0 Å². The van der Waals surface area contributed by atoms with Crippen molar-refractivity contribution >= 4 is 27.3 Å². The molecule has 7 heteroatoms. The van der Waals surface area contributed by atoms with Gasteiger partial charge in [-0.05, 0) is 55.7 Å². The highest BCUT2D eigenvalue weighted by Gasteiger charge is 2.33. The molecule has 2 aromatic carbocycles. The monoisotopic (exact) mass is 378 g/mol. The molecule has 0 heterocycles. The Morgan fingerprint density at radius 2 is 1.73 bits per heavy atom. The number of hydrogen-bond acceptors (Lipinski definition) is 3. The van der Waals surface area contributed by atoms with Gasteiger partial charge in [-0.2, -0.15) is 0 Å². The maximum absolute atomic E-state index is 14.2. The van der Waals surface area contributed by atoms with E-state index in [1.54, 1.807) is 19.1 Å². The Morgan fingerprint density at radius 1 is 1.15 bits per heavy atom. The minimum atomic E-state index is -3.87. The van der Waals surface area contributed by atoms with Crippen molar-refractivity contribution in [2.75, 3.05) is 15.9 Å². The highest BCUT2D eigenvalue weighted by Crippen LogP contribution is 2.26. The molecule has 0 unspecified atom stereocenters. The van der Waals surface area contributed by atoms with Crippen LogP contribution in [-0.4, -0.2) is 26.6 Å². The predicted octanol–water partition coefficient (Wildman–Crippen LogP) is 3.63. The molecule has 0 aliphatic rings. The van der Waals surface area contributed by atoms with Crippen LogP contribution in [0.4, 0.5) is 15.8 Å². The summed E-state index contributed by atoms with van der Waals surface area (Å²) in [4.78, 5) is 12.8. The molecule has 0 aliphatic carbocycles. The van der Waals surface area contributed by atoms with Gasteiger partial charge in [0, 0.05) is 5.69 Å². The zero-order valence-electron chi connectivity index (χ0n) is 15.3. The number of anilines is 2. The summed E-state index contributed by atoms with van der Waals surface area (Å²) in [5.41, 5.74) is 2.38. The Hall–Kier alpha value is -2.41. The fourth-order valence-electron chi connectivity index (χ4n) is 2.94. The van der Waals surface area contributed by atoms with Gasteiger partial charge in [-0.25, -0.2) is 12.8 Å². The Morgan fingerprint density at radius 3 is 2.23 bits per heavy atom. The average Bonchev–Trinajstić information content (AvgIpc) is 2.51. The van der Waals surface area contributed by atoms with Crippen LogP contribution in [-0.2, 0) is 14.8 Å². The third-order valence-corrected chi connectivity index (χ3v) is 5.07. The Kier molecular flexibility index (Phi) is 6.02. The number of para-hydroxylation sites is 1.